The Labute approximate surface area is 143 Å². The molecule has 1 N–H and O–H groups in total. The van der Waals surface area contributed by atoms with Gasteiger partial charge in [-0.1, -0.05) is 6.07 Å². The number of halogens is 1. The number of benzene rings is 1. The number of anilines is 1. The number of carbonyl (C=O) groups is 1. The van der Waals surface area contributed by atoms with Crippen LogP contribution < -0.4 is 10.8 Å². The lowest BCUT2D eigenvalue weighted by molar-refractivity contribution is 0.00578. The van der Waals surface area contributed by atoms with Crippen LogP contribution in [0.25, 0.3) is 0 Å². The molecule has 0 aliphatic carbocycles. The summed E-state index contributed by atoms with van der Waals surface area (Å²) in [6.45, 7) is 13.0. The second kappa shape index (κ2) is 6.04. The zero-order valence-electron chi connectivity index (χ0n) is 15.3. The molecule has 1 fully saturated rings. The number of hydrogen-bond donors (Lipinski definition) is 1. The van der Waals surface area contributed by atoms with E-state index >= 15 is 0 Å². The second-order valence-corrected chi connectivity index (χ2v) is 7.95. The molecule has 0 atom stereocenters. The van der Waals surface area contributed by atoms with Crippen molar-refractivity contribution in [2.75, 3.05) is 5.32 Å². The van der Waals surface area contributed by atoms with Gasteiger partial charge in [0, 0.05) is 11.2 Å². The van der Waals surface area contributed by atoms with Crippen LogP contribution in [0.2, 0.25) is 0 Å². The lowest BCUT2D eigenvalue weighted by atomic mass is 9.77. The Morgan fingerprint density at radius 1 is 1.17 bits per heavy atom. The van der Waals surface area contributed by atoms with Gasteiger partial charge in [-0.3, -0.25) is 5.32 Å². The van der Waals surface area contributed by atoms with E-state index in [1.165, 1.54) is 12.1 Å². The highest BCUT2D eigenvalue weighted by molar-refractivity contribution is 6.64. The third kappa shape index (κ3) is 4.08. The van der Waals surface area contributed by atoms with E-state index < -0.39 is 35.8 Å². The average molecular weight is 337 g/mol. The maximum absolute atomic E-state index is 13.7. The van der Waals surface area contributed by atoms with Gasteiger partial charge in [0.2, 0.25) is 0 Å². The predicted octanol–water partition coefficient (Wildman–Crippen LogP) is 3.47. The molecule has 1 aromatic rings. The van der Waals surface area contributed by atoms with Gasteiger partial charge in [0.15, 0.2) is 0 Å². The zero-order chi connectivity index (χ0) is 18.3. The van der Waals surface area contributed by atoms with E-state index in [1.807, 2.05) is 27.7 Å². The molecule has 2 rings (SSSR count). The van der Waals surface area contributed by atoms with Crippen molar-refractivity contribution in [3.8, 4) is 0 Å². The SMILES string of the molecule is CC(C)(C)OC(=O)Nc1cc(F)ccc1B1OC(C)(C)C(C)(C)O1. The molecule has 1 saturated heterocycles. The number of nitrogens with one attached hydrogen (secondary N) is 1. The summed E-state index contributed by atoms with van der Waals surface area (Å²) in [4.78, 5) is 12.0. The van der Waals surface area contributed by atoms with Crippen LogP contribution in [0.15, 0.2) is 18.2 Å². The summed E-state index contributed by atoms with van der Waals surface area (Å²) in [6, 6.07) is 4.08. The lowest BCUT2D eigenvalue weighted by Crippen LogP contribution is -2.41. The van der Waals surface area contributed by atoms with Crippen molar-refractivity contribution in [2.24, 2.45) is 0 Å². The molecule has 132 valence electrons. The fourth-order valence-electron chi connectivity index (χ4n) is 2.23. The highest BCUT2D eigenvalue weighted by atomic mass is 19.1. The van der Waals surface area contributed by atoms with Crippen molar-refractivity contribution in [1.82, 2.24) is 0 Å². The molecule has 0 saturated carbocycles. The van der Waals surface area contributed by atoms with Gasteiger partial charge in [-0.25, -0.2) is 9.18 Å². The zero-order valence-corrected chi connectivity index (χ0v) is 15.3. The first-order valence-electron chi connectivity index (χ1n) is 7.96. The van der Waals surface area contributed by atoms with Gasteiger partial charge < -0.3 is 14.0 Å². The topological polar surface area (TPSA) is 56.8 Å². The summed E-state index contributed by atoms with van der Waals surface area (Å²) in [5, 5.41) is 2.58. The van der Waals surface area contributed by atoms with Gasteiger partial charge in [0.1, 0.15) is 11.4 Å². The monoisotopic (exact) mass is 337 g/mol. The third-order valence-corrected chi connectivity index (χ3v) is 4.16. The minimum absolute atomic E-state index is 0.266. The van der Waals surface area contributed by atoms with Crippen LogP contribution in [-0.4, -0.2) is 30.0 Å². The van der Waals surface area contributed by atoms with Crippen molar-refractivity contribution >= 4 is 24.4 Å². The third-order valence-electron chi connectivity index (χ3n) is 4.16. The molecule has 1 aliphatic rings. The quantitative estimate of drug-likeness (QED) is 0.840. The highest BCUT2D eigenvalue weighted by Gasteiger charge is 2.52. The van der Waals surface area contributed by atoms with Crippen LogP contribution >= 0.6 is 0 Å². The van der Waals surface area contributed by atoms with Crippen LogP contribution in [-0.2, 0) is 14.0 Å². The molecule has 5 nitrogen and oxygen atoms in total. The van der Waals surface area contributed by atoms with E-state index in [4.69, 9.17) is 14.0 Å². The molecular formula is C17H25BFNO4. The first-order valence-corrected chi connectivity index (χ1v) is 7.96. The fraction of sp³-hybridized carbons (Fsp3) is 0.588. The molecular weight excluding hydrogens is 312 g/mol. The van der Waals surface area contributed by atoms with Gasteiger partial charge in [0.05, 0.1) is 11.2 Å². The summed E-state index contributed by atoms with van der Waals surface area (Å²) in [6.07, 6.45) is -0.661. The maximum Gasteiger partial charge on any atom is 0.496 e. The highest BCUT2D eigenvalue weighted by Crippen LogP contribution is 2.37. The maximum atomic E-state index is 13.7. The van der Waals surface area contributed by atoms with Crippen LogP contribution in [0.4, 0.5) is 14.9 Å². The van der Waals surface area contributed by atoms with Gasteiger partial charge >= 0.3 is 13.2 Å². The van der Waals surface area contributed by atoms with Crippen LogP contribution in [0, 0.1) is 5.82 Å². The number of hydrogen-bond acceptors (Lipinski definition) is 4. The minimum atomic E-state index is -0.708. The lowest BCUT2D eigenvalue weighted by Gasteiger charge is -2.32. The molecule has 1 heterocycles. The van der Waals surface area contributed by atoms with E-state index in [0.29, 0.717) is 5.46 Å². The smallest absolute Gasteiger partial charge is 0.444 e. The predicted molar refractivity (Wildman–Crippen MR) is 92.0 cm³/mol. The summed E-state index contributed by atoms with van der Waals surface area (Å²) in [5.74, 6) is -0.471. The van der Waals surface area contributed by atoms with Gasteiger partial charge in [-0.15, -0.1) is 0 Å². The standard InChI is InChI=1S/C17H25BFNO4/c1-15(2,3)22-14(21)20-13-10-11(19)8-9-12(13)18-23-16(4,5)17(6,7)24-18/h8-10H,1-7H3,(H,20,21). The number of rotatable bonds is 2. The van der Waals surface area contributed by atoms with Gasteiger partial charge in [-0.2, -0.15) is 0 Å². The molecule has 7 heteroatoms. The van der Waals surface area contributed by atoms with Crippen LogP contribution in [0.5, 0.6) is 0 Å². The fourth-order valence-corrected chi connectivity index (χ4v) is 2.23. The molecule has 24 heavy (non-hydrogen) atoms. The van der Waals surface area contributed by atoms with Crippen molar-refractivity contribution in [3.05, 3.63) is 24.0 Å². The number of ether oxygens (including phenoxy) is 1. The summed E-state index contributed by atoms with van der Waals surface area (Å²) >= 11 is 0. The second-order valence-electron chi connectivity index (χ2n) is 7.95. The normalized spacial score (nSPS) is 19.2. The molecule has 0 unspecified atom stereocenters. The van der Waals surface area contributed by atoms with E-state index in [0.717, 1.165) is 0 Å². The van der Waals surface area contributed by atoms with E-state index in [1.54, 1.807) is 26.8 Å². The van der Waals surface area contributed by atoms with E-state index in [2.05, 4.69) is 5.32 Å². The van der Waals surface area contributed by atoms with E-state index in [9.17, 15) is 9.18 Å². The first-order chi connectivity index (χ1) is 10.8. The Bertz CT molecular complexity index is 624. The molecule has 0 aromatic heterocycles. The molecule has 1 amide bonds. The minimum Gasteiger partial charge on any atom is -0.444 e. The molecule has 1 aromatic carbocycles. The Morgan fingerprint density at radius 2 is 1.71 bits per heavy atom. The Hall–Kier alpha value is -1.60. The largest absolute Gasteiger partial charge is 0.496 e. The molecule has 0 bridgehead atoms. The summed E-state index contributed by atoms with van der Waals surface area (Å²) in [7, 11) is -0.708. The van der Waals surface area contributed by atoms with Crippen molar-refractivity contribution in [3.63, 3.8) is 0 Å². The van der Waals surface area contributed by atoms with Crippen LogP contribution in [0.1, 0.15) is 48.5 Å². The first kappa shape index (κ1) is 18.7. The number of amides is 1. The van der Waals surface area contributed by atoms with Crippen molar-refractivity contribution < 1.29 is 23.2 Å². The summed E-state index contributed by atoms with van der Waals surface area (Å²) in [5.41, 5.74) is -0.907. The summed E-state index contributed by atoms with van der Waals surface area (Å²) < 4.78 is 30.8. The molecule has 1 aliphatic heterocycles. The molecule has 0 spiro atoms. The number of carbonyl (C=O) groups excluding carboxylic acids is 1. The average Bonchev–Trinajstić information content (AvgIpc) is 2.55. The van der Waals surface area contributed by atoms with Crippen molar-refractivity contribution in [1.29, 1.82) is 0 Å². The molecule has 0 radical (unpaired) electrons. The Balaban J connectivity index is 2.28. The van der Waals surface area contributed by atoms with E-state index in [-0.39, 0.29) is 5.69 Å². The Kier molecular flexibility index (Phi) is 4.72. The Morgan fingerprint density at radius 3 is 2.21 bits per heavy atom. The van der Waals surface area contributed by atoms with Crippen LogP contribution in [0.3, 0.4) is 0 Å². The van der Waals surface area contributed by atoms with Gasteiger partial charge in [-0.05, 0) is 60.6 Å². The van der Waals surface area contributed by atoms with Crippen molar-refractivity contribution in [2.45, 2.75) is 65.3 Å². The van der Waals surface area contributed by atoms with Gasteiger partial charge in [0.25, 0.3) is 0 Å².